The van der Waals surface area contributed by atoms with Crippen LogP contribution in [0, 0.1) is 6.92 Å². The van der Waals surface area contributed by atoms with Gasteiger partial charge in [-0.1, -0.05) is 53.5 Å². The molecule has 0 aromatic heterocycles. The lowest BCUT2D eigenvalue weighted by atomic mass is 10.0. The summed E-state index contributed by atoms with van der Waals surface area (Å²) in [4.78, 5) is 28.0. The summed E-state index contributed by atoms with van der Waals surface area (Å²) in [5.74, 6) is -0.457. The molecule has 0 unspecified atom stereocenters. The fraction of sp³-hybridized carbons (Fsp3) is 0.0833. The van der Waals surface area contributed by atoms with Crippen molar-refractivity contribution in [3.8, 4) is 5.75 Å². The van der Waals surface area contributed by atoms with E-state index in [-0.39, 0.29) is 11.3 Å². The first-order chi connectivity index (χ1) is 14.9. The van der Waals surface area contributed by atoms with Crippen molar-refractivity contribution in [1.29, 1.82) is 0 Å². The molecule has 5 nitrogen and oxygen atoms in total. The predicted octanol–water partition coefficient (Wildman–Crippen LogP) is 5.71. The number of carbonyl (C=O) groups excluding carboxylic acids is 2. The number of nitrogens with one attached hydrogen (secondary N) is 1. The van der Waals surface area contributed by atoms with Gasteiger partial charge in [-0.25, -0.2) is 4.90 Å². The SMILES string of the molecule is COc1ccc(N2C(=O)C(Nc3ccc(Cl)cc3C)=C(c3ccccc3)C2=O)cc1Cl. The number of hydrogen-bond acceptors (Lipinski definition) is 4. The standard InChI is InChI=1S/C24H18Cl2N2O3/c1-14-12-16(25)8-10-19(14)27-22-21(15-6-4-3-5-7-15)23(29)28(24(22)30)17-9-11-20(31-2)18(26)13-17/h3-13,27H,1-2H3. The van der Waals surface area contributed by atoms with Gasteiger partial charge in [-0.3, -0.25) is 9.59 Å². The number of amides is 2. The van der Waals surface area contributed by atoms with Gasteiger partial charge in [0.15, 0.2) is 0 Å². The number of methoxy groups -OCH3 is 1. The highest BCUT2D eigenvalue weighted by Gasteiger charge is 2.40. The van der Waals surface area contributed by atoms with Gasteiger partial charge in [0.05, 0.1) is 23.4 Å². The average molecular weight is 453 g/mol. The molecule has 7 heteroatoms. The fourth-order valence-electron chi connectivity index (χ4n) is 3.45. The summed E-state index contributed by atoms with van der Waals surface area (Å²) in [6.45, 7) is 1.87. The third-order valence-corrected chi connectivity index (χ3v) is 5.52. The molecule has 1 heterocycles. The Kier molecular flexibility index (Phi) is 5.72. The molecule has 0 atom stereocenters. The summed E-state index contributed by atoms with van der Waals surface area (Å²) in [6, 6.07) is 19.1. The Morgan fingerprint density at radius 1 is 0.903 bits per heavy atom. The molecule has 3 aromatic carbocycles. The van der Waals surface area contributed by atoms with Crippen LogP contribution in [0.5, 0.6) is 5.75 Å². The van der Waals surface area contributed by atoms with Crippen molar-refractivity contribution in [2.24, 2.45) is 0 Å². The maximum absolute atomic E-state index is 13.4. The number of imide groups is 1. The Morgan fingerprint density at radius 2 is 1.65 bits per heavy atom. The smallest absolute Gasteiger partial charge is 0.282 e. The van der Waals surface area contributed by atoms with Gasteiger partial charge in [0, 0.05) is 10.7 Å². The first kappa shape index (κ1) is 21.0. The second-order valence-corrected chi connectivity index (χ2v) is 7.81. The first-order valence-corrected chi connectivity index (χ1v) is 10.2. The highest BCUT2D eigenvalue weighted by atomic mass is 35.5. The largest absolute Gasteiger partial charge is 0.495 e. The van der Waals surface area contributed by atoms with Gasteiger partial charge in [0.1, 0.15) is 11.4 Å². The normalized spacial score (nSPS) is 13.7. The van der Waals surface area contributed by atoms with Crippen LogP contribution in [0.3, 0.4) is 0 Å². The van der Waals surface area contributed by atoms with Crippen molar-refractivity contribution in [1.82, 2.24) is 0 Å². The van der Waals surface area contributed by atoms with Crippen molar-refractivity contribution >= 4 is 52.0 Å². The maximum atomic E-state index is 13.4. The zero-order chi connectivity index (χ0) is 22.1. The number of halogens is 2. The molecule has 0 aliphatic carbocycles. The van der Waals surface area contributed by atoms with Crippen LogP contribution in [-0.2, 0) is 9.59 Å². The number of aryl methyl sites for hydroxylation is 1. The zero-order valence-electron chi connectivity index (χ0n) is 16.8. The van der Waals surface area contributed by atoms with E-state index in [4.69, 9.17) is 27.9 Å². The van der Waals surface area contributed by atoms with E-state index in [1.165, 1.54) is 13.2 Å². The highest BCUT2D eigenvalue weighted by molar-refractivity contribution is 6.46. The van der Waals surface area contributed by atoms with Crippen LogP contribution in [0.1, 0.15) is 11.1 Å². The molecule has 31 heavy (non-hydrogen) atoms. The summed E-state index contributed by atoms with van der Waals surface area (Å²) in [5.41, 5.74) is 3.00. The Balaban J connectivity index is 1.82. The van der Waals surface area contributed by atoms with Gasteiger partial charge in [-0.15, -0.1) is 0 Å². The quantitative estimate of drug-likeness (QED) is 0.503. The third-order valence-electron chi connectivity index (χ3n) is 4.99. The number of ether oxygens (including phenoxy) is 1. The monoisotopic (exact) mass is 452 g/mol. The predicted molar refractivity (Wildman–Crippen MR) is 124 cm³/mol. The molecule has 0 radical (unpaired) electrons. The number of benzene rings is 3. The summed E-state index contributed by atoms with van der Waals surface area (Å²) in [6.07, 6.45) is 0. The van der Waals surface area contributed by atoms with Gasteiger partial charge >= 0.3 is 0 Å². The molecule has 0 saturated heterocycles. The minimum atomic E-state index is -0.473. The molecule has 4 rings (SSSR count). The van der Waals surface area contributed by atoms with Crippen molar-refractivity contribution in [2.75, 3.05) is 17.3 Å². The summed E-state index contributed by atoms with van der Waals surface area (Å²) in [5, 5.41) is 4.04. The van der Waals surface area contributed by atoms with Gasteiger partial charge in [0.2, 0.25) is 0 Å². The van der Waals surface area contributed by atoms with Crippen molar-refractivity contribution in [2.45, 2.75) is 6.92 Å². The van der Waals surface area contributed by atoms with Crippen LogP contribution < -0.4 is 15.0 Å². The van der Waals surface area contributed by atoms with E-state index in [2.05, 4.69) is 5.32 Å². The lowest BCUT2D eigenvalue weighted by Crippen LogP contribution is -2.32. The van der Waals surface area contributed by atoms with Crippen molar-refractivity contribution < 1.29 is 14.3 Å². The Morgan fingerprint density at radius 3 is 2.29 bits per heavy atom. The van der Waals surface area contributed by atoms with Crippen LogP contribution in [0.15, 0.2) is 72.4 Å². The molecule has 0 saturated carbocycles. The molecular weight excluding hydrogens is 435 g/mol. The Bertz CT molecular complexity index is 1220. The van der Waals surface area contributed by atoms with Gasteiger partial charge in [0.25, 0.3) is 11.8 Å². The molecule has 156 valence electrons. The Labute approximate surface area is 189 Å². The zero-order valence-corrected chi connectivity index (χ0v) is 18.3. The Hall–Kier alpha value is -3.28. The van der Waals surface area contributed by atoms with E-state index in [0.29, 0.717) is 32.7 Å². The van der Waals surface area contributed by atoms with Crippen molar-refractivity contribution in [3.63, 3.8) is 0 Å². The van der Waals surface area contributed by atoms with Gasteiger partial charge in [-0.05, 0) is 54.4 Å². The molecule has 0 spiro atoms. The van der Waals surface area contributed by atoms with E-state index >= 15 is 0 Å². The minimum absolute atomic E-state index is 0.188. The molecule has 1 aliphatic heterocycles. The summed E-state index contributed by atoms with van der Waals surface area (Å²) < 4.78 is 5.18. The van der Waals surface area contributed by atoms with Crippen LogP contribution in [-0.4, -0.2) is 18.9 Å². The third kappa shape index (κ3) is 3.90. The lowest BCUT2D eigenvalue weighted by Gasteiger charge is -2.17. The molecule has 1 aliphatic rings. The summed E-state index contributed by atoms with van der Waals surface area (Å²) >= 11 is 12.3. The molecule has 1 N–H and O–H groups in total. The molecule has 3 aromatic rings. The van der Waals surface area contributed by atoms with Crippen molar-refractivity contribution in [3.05, 3.63) is 93.6 Å². The number of nitrogens with zero attached hydrogens (tertiary/aromatic N) is 1. The molecule has 0 fully saturated rings. The second-order valence-electron chi connectivity index (χ2n) is 6.96. The first-order valence-electron chi connectivity index (χ1n) is 9.46. The topological polar surface area (TPSA) is 58.6 Å². The fourth-order valence-corrected chi connectivity index (χ4v) is 3.93. The molecule has 2 amide bonds. The van der Waals surface area contributed by atoms with E-state index in [1.807, 2.05) is 25.1 Å². The van der Waals surface area contributed by atoms with Gasteiger partial charge < -0.3 is 10.1 Å². The second kappa shape index (κ2) is 8.46. The van der Waals surface area contributed by atoms with E-state index in [1.54, 1.807) is 42.5 Å². The number of rotatable bonds is 5. The summed E-state index contributed by atoms with van der Waals surface area (Å²) in [7, 11) is 1.50. The molecule has 0 bridgehead atoms. The number of carbonyl (C=O) groups is 2. The average Bonchev–Trinajstić information content (AvgIpc) is 3.00. The van der Waals surface area contributed by atoms with E-state index in [0.717, 1.165) is 10.5 Å². The van der Waals surface area contributed by atoms with E-state index in [9.17, 15) is 9.59 Å². The maximum Gasteiger partial charge on any atom is 0.282 e. The van der Waals surface area contributed by atoms with E-state index < -0.39 is 11.8 Å². The lowest BCUT2D eigenvalue weighted by molar-refractivity contribution is -0.120. The number of hydrogen-bond donors (Lipinski definition) is 1. The van der Waals surface area contributed by atoms with Gasteiger partial charge in [-0.2, -0.15) is 0 Å². The molecular formula is C24H18Cl2N2O3. The van der Waals surface area contributed by atoms with Crippen LogP contribution in [0.25, 0.3) is 5.57 Å². The van der Waals surface area contributed by atoms with Crippen LogP contribution in [0.2, 0.25) is 10.0 Å². The number of anilines is 2. The highest BCUT2D eigenvalue weighted by Crippen LogP contribution is 2.37. The minimum Gasteiger partial charge on any atom is -0.495 e. The van der Waals surface area contributed by atoms with Crippen LogP contribution in [0.4, 0.5) is 11.4 Å². The van der Waals surface area contributed by atoms with Crippen LogP contribution >= 0.6 is 23.2 Å².